The summed E-state index contributed by atoms with van der Waals surface area (Å²) in [6, 6.07) is 8.71. The minimum atomic E-state index is 0.220. The van der Waals surface area contributed by atoms with Gasteiger partial charge in [0, 0.05) is 16.7 Å². The van der Waals surface area contributed by atoms with Gasteiger partial charge in [0.15, 0.2) is 0 Å². The minimum absolute atomic E-state index is 0.220. The third kappa shape index (κ3) is 3.99. The van der Waals surface area contributed by atoms with E-state index in [0.717, 1.165) is 12.2 Å². The van der Waals surface area contributed by atoms with Gasteiger partial charge in [-0.15, -0.1) is 18.3 Å². The van der Waals surface area contributed by atoms with Crippen LogP contribution in [-0.2, 0) is 0 Å². The van der Waals surface area contributed by atoms with E-state index in [1.807, 2.05) is 17.8 Å². The second-order valence-corrected chi connectivity index (χ2v) is 4.51. The molecule has 14 heavy (non-hydrogen) atoms. The zero-order chi connectivity index (χ0) is 10.4. The first-order chi connectivity index (χ1) is 6.72. The Hall–Kier alpha value is -0.730. The number of hydrogen-bond acceptors (Lipinski definition) is 2. The molecular weight excluding hydrogens is 190 g/mol. The van der Waals surface area contributed by atoms with Crippen LogP contribution in [0.1, 0.15) is 12.0 Å². The SMILES string of the molecule is C=CCC(N)CSc1cccc(C)c1. The normalized spacial score (nSPS) is 12.4. The molecule has 1 rings (SSSR count). The predicted octanol–water partition coefficient (Wildman–Crippen LogP) is 2.99. The maximum Gasteiger partial charge on any atom is 0.0168 e. The van der Waals surface area contributed by atoms with Crippen molar-refractivity contribution >= 4 is 11.8 Å². The maximum absolute atomic E-state index is 5.88. The fraction of sp³-hybridized carbons (Fsp3) is 0.333. The molecule has 0 aliphatic carbocycles. The topological polar surface area (TPSA) is 26.0 Å². The van der Waals surface area contributed by atoms with Crippen LogP contribution in [0.3, 0.4) is 0 Å². The van der Waals surface area contributed by atoms with Crippen molar-refractivity contribution in [3.05, 3.63) is 42.5 Å². The molecule has 0 radical (unpaired) electrons. The lowest BCUT2D eigenvalue weighted by Gasteiger charge is -2.08. The molecule has 1 nitrogen and oxygen atoms in total. The molecule has 2 heteroatoms. The third-order valence-corrected chi connectivity index (χ3v) is 3.11. The standard InChI is InChI=1S/C12H17NS/c1-3-5-11(13)9-14-12-7-4-6-10(2)8-12/h3-4,6-8,11H,1,5,9,13H2,2H3. The van der Waals surface area contributed by atoms with Crippen LogP contribution in [0.25, 0.3) is 0 Å². The lowest BCUT2D eigenvalue weighted by Crippen LogP contribution is -2.21. The number of aryl methyl sites for hydroxylation is 1. The fourth-order valence-electron chi connectivity index (χ4n) is 1.19. The average molecular weight is 207 g/mol. The molecule has 2 N–H and O–H groups in total. The van der Waals surface area contributed by atoms with Crippen molar-refractivity contribution in [1.29, 1.82) is 0 Å². The van der Waals surface area contributed by atoms with E-state index in [9.17, 15) is 0 Å². The van der Waals surface area contributed by atoms with Gasteiger partial charge in [0.1, 0.15) is 0 Å². The molecule has 0 amide bonds. The summed E-state index contributed by atoms with van der Waals surface area (Å²) in [5, 5.41) is 0. The molecule has 0 aromatic heterocycles. The molecule has 76 valence electrons. The zero-order valence-electron chi connectivity index (χ0n) is 8.57. The van der Waals surface area contributed by atoms with Gasteiger partial charge < -0.3 is 5.73 Å². The summed E-state index contributed by atoms with van der Waals surface area (Å²) in [6.07, 6.45) is 2.76. The number of hydrogen-bond donors (Lipinski definition) is 1. The lowest BCUT2D eigenvalue weighted by atomic mass is 10.2. The Balaban J connectivity index is 2.41. The van der Waals surface area contributed by atoms with Crippen molar-refractivity contribution in [3.8, 4) is 0 Å². The molecule has 0 heterocycles. The molecule has 0 aliphatic heterocycles. The molecule has 1 aromatic carbocycles. The van der Waals surface area contributed by atoms with Gasteiger partial charge >= 0.3 is 0 Å². The molecule has 0 aliphatic rings. The van der Waals surface area contributed by atoms with Crippen molar-refractivity contribution in [3.63, 3.8) is 0 Å². The minimum Gasteiger partial charge on any atom is -0.327 e. The van der Waals surface area contributed by atoms with Crippen molar-refractivity contribution in [1.82, 2.24) is 0 Å². The summed E-state index contributed by atoms with van der Waals surface area (Å²) in [6.45, 7) is 5.79. The van der Waals surface area contributed by atoms with Crippen molar-refractivity contribution in [2.24, 2.45) is 5.73 Å². The Kier molecular flexibility index (Phi) is 4.77. The van der Waals surface area contributed by atoms with E-state index < -0.39 is 0 Å². The van der Waals surface area contributed by atoms with E-state index in [1.165, 1.54) is 10.5 Å². The first-order valence-corrected chi connectivity index (χ1v) is 5.77. The molecule has 1 atom stereocenters. The van der Waals surface area contributed by atoms with Crippen LogP contribution in [0, 0.1) is 6.92 Å². The van der Waals surface area contributed by atoms with Crippen LogP contribution >= 0.6 is 11.8 Å². The molecule has 0 spiro atoms. The zero-order valence-corrected chi connectivity index (χ0v) is 9.39. The molecule has 0 saturated heterocycles. The highest BCUT2D eigenvalue weighted by Gasteiger charge is 2.01. The number of nitrogens with two attached hydrogens (primary N) is 1. The Morgan fingerprint density at radius 1 is 1.57 bits per heavy atom. The van der Waals surface area contributed by atoms with E-state index in [0.29, 0.717) is 0 Å². The van der Waals surface area contributed by atoms with Gasteiger partial charge in [0.25, 0.3) is 0 Å². The smallest absolute Gasteiger partial charge is 0.0168 e. The molecule has 1 aromatic rings. The van der Waals surface area contributed by atoms with Gasteiger partial charge in [-0.25, -0.2) is 0 Å². The fourth-order valence-corrected chi connectivity index (χ4v) is 2.18. The molecule has 0 saturated carbocycles. The van der Waals surface area contributed by atoms with Crippen molar-refractivity contribution in [2.75, 3.05) is 5.75 Å². The molecule has 0 bridgehead atoms. The molecular formula is C12H17NS. The van der Waals surface area contributed by atoms with Gasteiger partial charge in [-0.1, -0.05) is 23.8 Å². The first kappa shape index (κ1) is 11.3. The van der Waals surface area contributed by atoms with Crippen molar-refractivity contribution in [2.45, 2.75) is 24.3 Å². The Morgan fingerprint density at radius 3 is 3.00 bits per heavy atom. The maximum atomic E-state index is 5.88. The van der Waals surface area contributed by atoms with E-state index >= 15 is 0 Å². The highest BCUT2D eigenvalue weighted by molar-refractivity contribution is 7.99. The summed E-state index contributed by atoms with van der Waals surface area (Å²) >= 11 is 1.81. The highest BCUT2D eigenvalue weighted by atomic mass is 32.2. The van der Waals surface area contributed by atoms with Gasteiger partial charge in [-0.05, 0) is 25.5 Å². The van der Waals surface area contributed by atoms with Crippen LogP contribution < -0.4 is 5.73 Å². The quantitative estimate of drug-likeness (QED) is 0.593. The number of thioether (sulfide) groups is 1. The van der Waals surface area contributed by atoms with Gasteiger partial charge in [0.2, 0.25) is 0 Å². The average Bonchev–Trinajstić information content (AvgIpc) is 2.15. The first-order valence-electron chi connectivity index (χ1n) is 4.78. The highest BCUT2D eigenvalue weighted by Crippen LogP contribution is 2.19. The van der Waals surface area contributed by atoms with Gasteiger partial charge in [0.05, 0.1) is 0 Å². The molecule has 1 unspecified atom stereocenters. The van der Waals surface area contributed by atoms with Crippen LogP contribution in [0.2, 0.25) is 0 Å². The second kappa shape index (κ2) is 5.89. The largest absolute Gasteiger partial charge is 0.327 e. The van der Waals surface area contributed by atoms with Crippen molar-refractivity contribution < 1.29 is 0 Å². The van der Waals surface area contributed by atoms with E-state index in [2.05, 4.69) is 37.8 Å². The van der Waals surface area contributed by atoms with Crippen LogP contribution in [0.4, 0.5) is 0 Å². The summed E-state index contributed by atoms with van der Waals surface area (Å²) < 4.78 is 0. The molecule has 0 fully saturated rings. The summed E-state index contributed by atoms with van der Waals surface area (Å²) in [4.78, 5) is 1.30. The van der Waals surface area contributed by atoms with Gasteiger partial charge in [-0.2, -0.15) is 0 Å². The Bertz CT molecular complexity index is 296. The lowest BCUT2D eigenvalue weighted by molar-refractivity contribution is 0.769. The monoisotopic (exact) mass is 207 g/mol. The van der Waals surface area contributed by atoms with Gasteiger partial charge in [-0.3, -0.25) is 0 Å². The third-order valence-electron chi connectivity index (χ3n) is 1.92. The summed E-state index contributed by atoms with van der Waals surface area (Å²) in [7, 11) is 0. The van der Waals surface area contributed by atoms with Crippen LogP contribution in [0.5, 0.6) is 0 Å². The van der Waals surface area contributed by atoms with Crippen LogP contribution in [-0.4, -0.2) is 11.8 Å². The van der Waals surface area contributed by atoms with E-state index in [4.69, 9.17) is 5.73 Å². The predicted molar refractivity (Wildman–Crippen MR) is 64.7 cm³/mol. The Morgan fingerprint density at radius 2 is 2.36 bits per heavy atom. The Labute approximate surface area is 90.4 Å². The van der Waals surface area contributed by atoms with Crippen LogP contribution in [0.15, 0.2) is 41.8 Å². The van der Waals surface area contributed by atoms with E-state index in [1.54, 1.807) is 0 Å². The second-order valence-electron chi connectivity index (χ2n) is 3.41. The van der Waals surface area contributed by atoms with E-state index in [-0.39, 0.29) is 6.04 Å². The summed E-state index contributed by atoms with van der Waals surface area (Å²) in [5.41, 5.74) is 7.18. The number of benzene rings is 1. The number of rotatable bonds is 5. The summed E-state index contributed by atoms with van der Waals surface area (Å²) in [5.74, 6) is 0.954.